The van der Waals surface area contributed by atoms with Crippen molar-refractivity contribution in [3.63, 3.8) is 0 Å². The smallest absolute Gasteiger partial charge is 0.373 e. The summed E-state index contributed by atoms with van der Waals surface area (Å²) in [6.07, 6.45) is 9.09. The zero-order valence-electron chi connectivity index (χ0n) is 13.9. The maximum Gasteiger partial charge on any atom is 0.373 e. The molecule has 1 aromatic carbocycles. The molecule has 3 rings (SSSR count). The van der Waals surface area contributed by atoms with Crippen LogP contribution in [0.2, 0.25) is 0 Å². The Hall–Kier alpha value is -2.96. The summed E-state index contributed by atoms with van der Waals surface area (Å²) in [5.74, 6) is 0.607. The van der Waals surface area contributed by atoms with Gasteiger partial charge >= 0.3 is 11.6 Å². The van der Waals surface area contributed by atoms with E-state index in [1.165, 1.54) is 24.7 Å². The highest BCUT2D eigenvalue weighted by atomic mass is 16.6. The Morgan fingerprint density at radius 1 is 1.20 bits per heavy atom. The van der Waals surface area contributed by atoms with Crippen LogP contribution in [0.3, 0.4) is 0 Å². The van der Waals surface area contributed by atoms with Gasteiger partial charge in [-0.3, -0.25) is 10.1 Å². The van der Waals surface area contributed by atoms with Crippen LogP contribution in [0, 0.1) is 10.1 Å². The lowest BCUT2D eigenvalue weighted by Gasteiger charge is -2.13. The van der Waals surface area contributed by atoms with Crippen LogP contribution in [0.4, 0.5) is 11.5 Å². The molecule has 0 saturated carbocycles. The number of hydrogen-bond acceptors (Lipinski definition) is 6. The van der Waals surface area contributed by atoms with Gasteiger partial charge < -0.3 is 10.1 Å². The highest BCUT2D eigenvalue weighted by Gasteiger charge is 2.24. The summed E-state index contributed by atoms with van der Waals surface area (Å²) < 4.78 is 5.56. The minimum absolute atomic E-state index is 0.0643. The third kappa shape index (κ3) is 4.53. The molecule has 1 aromatic heterocycles. The first-order valence-corrected chi connectivity index (χ1v) is 8.38. The molecule has 1 heterocycles. The standard InChI is InChI=1S/C18H20N4O3/c23-22(24)16-17(19-12-11-14-7-3-1-4-8-14)20-13-21-18(16)25-15-9-5-2-6-10-15/h2,5-7,9-10,13H,1,3-4,8,11-12H2,(H,19,20,21). The summed E-state index contributed by atoms with van der Waals surface area (Å²) in [7, 11) is 0. The molecule has 7 nitrogen and oxygen atoms in total. The largest absolute Gasteiger partial charge is 0.434 e. The first-order chi connectivity index (χ1) is 12.2. The summed E-state index contributed by atoms with van der Waals surface area (Å²) >= 11 is 0. The Morgan fingerprint density at radius 3 is 2.76 bits per heavy atom. The summed E-state index contributed by atoms with van der Waals surface area (Å²) in [5, 5.41) is 14.5. The van der Waals surface area contributed by atoms with Gasteiger partial charge in [0.05, 0.1) is 4.92 Å². The quantitative estimate of drug-likeness (QED) is 0.454. The number of nitrogens with zero attached hydrogens (tertiary/aromatic N) is 3. The van der Waals surface area contributed by atoms with Crippen molar-refractivity contribution in [2.45, 2.75) is 32.1 Å². The van der Waals surface area contributed by atoms with Gasteiger partial charge in [-0.05, 0) is 44.2 Å². The van der Waals surface area contributed by atoms with Crippen LogP contribution in [-0.2, 0) is 0 Å². The van der Waals surface area contributed by atoms with E-state index in [2.05, 4.69) is 21.4 Å². The van der Waals surface area contributed by atoms with Gasteiger partial charge in [0.1, 0.15) is 12.1 Å². The molecular weight excluding hydrogens is 320 g/mol. The maximum atomic E-state index is 11.5. The van der Waals surface area contributed by atoms with Crippen molar-refractivity contribution in [1.29, 1.82) is 0 Å². The molecule has 2 aromatic rings. The van der Waals surface area contributed by atoms with E-state index in [1.54, 1.807) is 24.3 Å². The molecule has 0 saturated heterocycles. The lowest BCUT2D eigenvalue weighted by molar-refractivity contribution is -0.385. The molecule has 1 N–H and O–H groups in total. The number of nitrogens with one attached hydrogen (secondary N) is 1. The van der Waals surface area contributed by atoms with Gasteiger partial charge in [-0.1, -0.05) is 29.8 Å². The molecule has 1 aliphatic rings. The summed E-state index contributed by atoms with van der Waals surface area (Å²) in [5.41, 5.74) is 1.15. The molecule has 0 radical (unpaired) electrons. The summed E-state index contributed by atoms with van der Waals surface area (Å²) in [6.45, 7) is 0.592. The van der Waals surface area contributed by atoms with Gasteiger partial charge in [-0.25, -0.2) is 4.98 Å². The first kappa shape index (κ1) is 16.9. The van der Waals surface area contributed by atoms with E-state index in [4.69, 9.17) is 4.74 Å². The van der Waals surface area contributed by atoms with E-state index in [0.717, 1.165) is 19.3 Å². The Balaban J connectivity index is 1.73. The maximum absolute atomic E-state index is 11.5. The molecule has 0 bridgehead atoms. The average Bonchev–Trinajstić information content (AvgIpc) is 2.63. The van der Waals surface area contributed by atoms with Gasteiger partial charge in [0.15, 0.2) is 0 Å². The minimum atomic E-state index is -0.513. The Kier molecular flexibility index (Phi) is 5.56. The molecule has 0 atom stereocenters. The molecule has 130 valence electrons. The van der Waals surface area contributed by atoms with E-state index < -0.39 is 4.92 Å². The van der Waals surface area contributed by atoms with Crippen molar-refractivity contribution in [2.24, 2.45) is 0 Å². The van der Waals surface area contributed by atoms with Crippen molar-refractivity contribution >= 4 is 11.5 Å². The zero-order valence-corrected chi connectivity index (χ0v) is 13.9. The summed E-state index contributed by atoms with van der Waals surface area (Å²) in [6, 6.07) is 8.86. The second-order valence-corrected chi connectivity index (χ2v) is 5.83. The first-order valence-electron chi connectivity index (χ1n) is 8.38. The van der Waals surface area contributed by atoms with Crippen molar-refractivity contribution < 1.29 is 9.66 Å². The van der Waals surface area contributed by atoms with Crippen molar-refractivity contribution in [2.75, 3.05) is 11.9 Å². The number of rotatable bonds is 7. The average molecular weight is 340 g/mol. The molecule has 7 heteroatoms. The summed E-state index contributed by atoms with van der Waals surface area (Å²) in [4.78, 5) is 18.9. The normalized spacial score (nSPS) is 13.8. The van der Waals surface area contributed by atoms with Gasteiger partial charge in [-0.2, -0.15) is 4.98 Å². The Morgan fingerprint density at radius 2 is 2.04 bits per heavy atom. The number of hydrogen-bond donors (Lipinski definition) is 1. The molecule has 0 amide bonds. The zero-order chi connectivity index (χ0) is 17.5. The van der Waals surface area contributed by atoms with Crippen LogP contribution in [0.1, 0.15) is 32.1 Å². The fourth-order valence-corrected chi connectivity index (χ4v) is 2.80. The number of nitro groups is 1. The van der Waals surface area contributed by atoms with E-state index in [0.29, 0.717) is 12.3 Å². The van der Waals surface area contributed by atoms with Crippen LogP contribution in [0.25, 0.3) is 0 Å². The van der Waals surface area contributed by atoms with E-state index in [9.17, 15) is 10.1 Å². The topological polar surface area (TPSA) is 90.2 Å². The van der Waals surface area contributed by atoms with Gasteiger partial charge in [-0.15, -0.1) is 0 Å². The predicted molar refractivity (Wildman–Crippen MR) is 94.9 cm³/mol. The van der Waals surface area contributed by atoms with Gasteiger partial charge in [0.2, 0.25) is 5.82 Å². The van der Waals surface area contributed by atoms with Crippen molar-refractivity contribution in [1.82, 2.24) is 9.97 Å². The number of anilines is 1. The van der Waals surface area contributed by atoms with Gasteiger partial charge in [0.25, 0.3) is 0 Å². The molecule has 0 unspecified atom stereocenters. The Labute approximate surface area is 145 Å². The molecular formula is C18H20N4O3. The third-order valence-electron chi connectivity index (χ3n) is 4.05. The number of para-hydroxylation sites is 1. The fraction of sp³-hybridized carbons (Fsp3) is 0.333. The lowest BCUT2D eigenvalue weighted by atomic mass is 9.97. The second-order valence-electron chi connectivity index (χ2n) is 5.83. The van der Waals surface area contributed by atoms with Gasteiger partial charge in [0, 0.05) is 6.54 Å². The molecule has 0 spiro atoms. The number of allylic oxidation sites excluding steroid dienone is 1. The minimum Gasteiger partial charge on any atom is -0.434 e. The fourth-order valence-electron chi connectivity index (χ4n) is 2.80. The van der Waals surface area contributed by atoms with Crippen molar-refractivity contribution in [3.8, 4) is 11.6 Å². The van der Waals surface area contributed by atoms with Crippen LogP contribution in [0.15, 0.2) is 48.3 Å². The third-order valence-corrected chi connectivity index (χ3v) is 4.05. The van der Waals surface area contributed by atoms with Crippen LogP contribution < -0.4 is 10.1 Å². The monoisotopic (exact) mass is 340 g/mol. The second kappa shape index (κ2) is 8.23. The Bertz CT molecular complexity index is 762. The van der Waals surface area contributed by atoms with E-state index in [-0.39, 0.29) is 17.4 Å². The van der Waals surface area contributed by atoms with E-state index in [1.807, 2.05) is 6.07 Å². The molecule has 0 fully saturated rings. The van der Waals surface area contributed by atoms with Crippen LogP contribution in [0.5, 0.6) is 11.6 Å². The lowest BCUT2D eigenvalue weighted by Crippen LogP contribution is -2.09. The molecule has 0 aliphatic heterocycles. The number of ether oxygens (including phenoxy) is 1. The van der Waals surface area contributed by atoms with Crippen molar-refractivity contribution in [3.05, 3.63) is 58.4 Å². The highest BCUT2D eigenvalue weighted by molar-refractivity contribution is 5.61. The van der Waals surface area contributed by atoms with Crippen LogP contribution in [-0.4, -0.2) is 21.4 Å². The van der Waals surface area contributed by atoms with Crippen LogP contribution >= 0.6 is 0 Å². The molecule has 25 heavy (non-hydrogen) atoms. The van der Waals surface area contributed by atoms with E-state index >= 15 is 0 Å². The predicted octanol–water partition coefficient (Wildman–Crippen LogP) is 4.48. The highest BCUT2D eigenvalue weighted by Crippen LogP contribution is 2.34. The number of benzene rings is 1. The number of aromatic nitrogens is 2. The SMILES string of the molecule is O=[N+]([O-])c1c(NCCC2=CCCCC2)ncnc1Oc1ccccc1. The molecule has 1 aliphatic carbocycles.